The molecule has 2 N–H and O–H groups in total. The zero-order chi connectivity index (χ0) is 15.3. The lowest BCUT2D eigenvalue weighted by molar-refractivity contribution is 0.198. The second-order valence-corrected chi connectivity index (χ2v) is 7.25. The number of methoxy groups -OCH3 is 1. The summed E-state index contributed by atoms with van der Waals surface area (Å²) in [5.41, 5.74) is 0. The van der Waals surface area contributed by atoms with Gasteiger partial charge in [-0.2, -0.15) is 0 Å². The van der Waals surface area contributed by atoms with Crippen molar-refractivity contribution in [2.45, 2.75) is 31.4 Å². The van der Waals surface area contributed by atoms with Gasteiger partial charge in [-0.15, -0.1) is 0 Å². The van der Waals surface area contributed by atoms with E-state index in [2.05, 4.69) is 17.0 Å². The summed E-state index contributed by atoms with van der Waals surface area (Å²) >= 11 is 0. The summed E-state index contributed by atoms with van der Waals surface area (Å²) in [6.45, 7) is 4.32. The first kappa shape index (κ1) is 16.5. The van der Waals surface area contributed by atoms with Crippen LogP contribution in [0.25, 0.3) is 0 Å². The van der Waals surface area contributed by atoms with Crippen LogP contribution in [0.1, 0.15) is 25.5 Å². The van der Waals surface area contributed by atoms with Crippen molar-refractivity contribution in [1.82, 2.24) is 10.0 Å². The van der Waals surface area contributed by atoms with E-state index in [-0.39, 0.29) is 5.09 Å². The van der Waals surface area contributed by atoms with E-state index in [9.17, 15) is 8.42 Å². The Morgan fingerprint density at radius 1 is 1.43 bits per heavy atom. The summed E-state index contributed by atoms with van der Waals surface area (Å²) in [7, 11) is -1.91. The molecule has 1 heterocycles. The summed E-state index contributed by atoms with van der Waals surface area (Å²) in [6.07, 6.45) is 2.42. The number of rotatable bonds is 10. The van der Waals surface area contributed by atoms with Crippen LogP contribution in [0, 0.1) is 11.8 Å². The molecule has 120 valence electrons. The molecule has 0 bridgehead atoms. The molecule has 1 aliphatic carbocycles. The maximum Gasteiger partial charge on any atom is 0.273 e. The highest BCUT2D eigenvalue weighted by Crippen LogP contribution is 2.36. The molecule has 0 radical (unpaired) electrons. The summed E-state index contributed by atoms with van der Waals surface area (Å²) in [5, 5.41) is 3.09. The van der Waals surface area contributed by atoms with E-state index in [1.807, 2.05) is 0 Å². The molecular weight excluding hydrogens is 292 g/mol. The maximum atomic E-state index is 12.1. The third-order valence-corrected chi connectivity index (χ3v) is 5.00. The van der Waals surface area contributed by atoms with Gasteiger partial charge >= 0.3 is 0 Å². The van der Waals surface area contributed by atoms with Crippen LogP contribution in [-0.4, -0.2) is 35.2 Å². The van der Waals surface area contributed by atoms with Gasteiger partial charge in [0.25, 0.3) is 10.0 Å². The third-order valence-electron chi connectivity index (χ3n) is 3.71. The van der Waals surface area contributed by atoms with Crippen molar-refractivity contribution in [2.24, 2.45) is 11.8 Å². The van der Waals surface area contributed by atoms with Crippen LogP contribution in [0.15, 0.2) is 21.6 Å². The standard InChI is InChI=1S/C14H24N2O4S/c1-11(12-3-4-12)9-16-21(17,18)14-6-5-13(20-14)10-15-7-8-19-2/h5-6,11-12,15-16H,3-4,7-10H2,1-2H3. The average Bonchev–Trinajstić information content (AvgIpc) is 3.20. The molecule has 1 aliphatic rings. The van der Waals surface area contributed by atoms with Crippen molar-refractivity contribution in [3.63, 3.8) is 0 Å². The number of furan rings is 1. The van der Waals surface area contributed by atoms with Gasteiger partial charge in [-0.1, -0.05) is 6.92 Å². The predicted octanol–water partition coefficient (Wildman–Crippen LogP) is 1.34. The number of nitrogens with one attached hydrogen (secondary N) is 2. The highest BCUT2D eigenvalue weighted by molar-refractivity contribution is 7.89. The van der Waals surface area contributed by atoms with Crippen LogP contribution in [0.5, 0.6) is 0 Å². The van der Waals surface area contributed by atoms with Crippen LogP contribution in [0.2, 0.25) is 0 Å². The van der Waals surface area contributed by atoms with Gasteiger partial charge in [0.05, 0.1) is 13.2 Å². The van der Waals surface area contributed by atoms with E-state index < -0.39 is 10.0 Å². The van der Waals surface area contributed by atoms with Crippen LogP contribution >= 0.6 is 0 Å². The van der Waals surface area contributed by atoms with Gasteiger partial charge in [0, 0.05) is 20.2 Å². The van der Waals surface area contributed by atoms with Crippen molar-refractivity contribution in [3.05, 3.63) is 17.9 Å². The van der Waals surface area contributed by atoms with Crippen LogP contribution in [-0.2, 0) is 21.3 Å². The Labute approximate surface area is 126 Å². The second kappa shape index (κ2) is 7.40. The number of sulfonamides is 1. The Kier molecular flexibility index (Phi) is 5.80. The fraction of sp³-hybridized carbons (Fsp3) is 0.714. The lowest BCUT2D eigenvalue weighted by Crippen LogP contribution is -2.28. The summed E-state index contributed by atoms with van der Waals surface area (Å²) < 4.78 is 37.2. The average molecular weight is 316 g/mol. The second-order valence-electron chi connectivity index (χ2n) is 5.56. The van der Waals surface area contributed by atoms with Crippen molar-refractivity contribution < 1.29 is 17.6 Å². The molecule has 1 atom stereocenters. The molecule has 0 amide bonds. The van der Waals surface area contributed by atoms with Crippen molar-refractivity contribution >= 4 is 10.0 Å². The molecule has 2 rings (SSSR count). The molecule has 1 aromatic heterocycles. The zero-order valence-electron chi connectivity index (χ0n) is 12.6. The number of ether oxygens (including phenoxy) is 1. The lowest BCUT2D eigenvalue weighted by Gasteiger charge is -2.10. The highest BCUT2D eigenvalue weighted by atomic mass is 32.2. The van der Waals surface area contributed by atoms with Gasteiger partial charge in [-0.3, -0.25) is 0 Å². The SMILES string of the molecule is COCCNCc1ccc(S(=O)(=O)NCC(C)C2CC2)o1. The first-order chi connectivity index (χ1) is 10.0. The monoisotopic (exact) mass is 316 g/mol. The molecule has 6 nitrogen and oxygen atoms in total. The van der Waals surface area contributed by atoms with Crippen LogP contribution < -0.4 is 10.0 Å². The van der Waals surface area contributed by atoms with Gasteiger partial charge in [0.2, 0.25) is 5.09 Å². The molecule has 1 unspecified atom stereocenters. The Hall–Kier alpha value is -0.890. The normalized spacial score (nSPS) is 17.0. The molecule has 0 saturated heterocycles. The van der Waals surface area contributed by atoms with Gasteiger partial charge < -0.3 is 14.5 Å². The molecule has 1 saturated carbocycles. The molecular formula is C14H24N2O4S. The number of hydrogen-bond acceptors (Lipinski definition) is 5. The quantitative estimate of drug-likeness (QED) is 0.637. The van der Waals surface area contributed by atoms with Gasteiger partial charge in [-0.05, 0) is 36.8 Å². The molecule has 1 aromatic rings. The molecule has 0 spiro atoms. The lowest BCUT2D eigenvalue weighted by atomic mass is 10.1. The van der Waals surface area contributed by atoms with E-state index in [4.69, 9.17) is 9.15 Å². The van der Waals surface area contributed by atoms with Gasteiger partial charge in [-0.25, -0.2) is 13.1 Å². The zero-order valence-corrected chi connectivity index (χ0v) is 13.4. The first-order valence-corrected chi connectivity index (χ1v) is 8.79. The van der Waals surface area contributed by atoms with E-state index in [0.29, 0.717) is 43.8 Å². The smallest absolute Gasteiger partial charge is 0.273 e. The highest BCUT2D eigenvalue weighted by Gasteiger charge is 2.29. The van der Waals surface area contributed by atoms with E-state index in [1.54, 1.807) is 13.2 Å². The maximum absolute atomic E-state index is 12.1. The fourth-order valence-electron chi connectivity index (χ4n) is 2.13. The minimum Gasteiger partial charge on any atom is -0.447 e. The first-order valence-electron chi connectivity index (χ1n) is 7.31. The van der Waals surface area contributed by atoms with E-state index in [1.165, 1.54) is 18.9 Å². The molecule has 7 heteroatoms. The van der Waals surface area contributed by atoms with Gasteiger partial charge in [0.15, 0.2) is 0 Å². The molecule has 0 aromatic carbocycles. The van der Waals surface area contributed by atoms with Crippen molar-refractivity contribution in [2.75, 3.05) is 26.8 Å². The van der Waals surface area contributed by atoms with Crippen molar-refractivity contribution in [3.8, 4) is 0 Å². The fourth-order valence-corrected chi connectivity index (χ4v) is 3.22. The molecule has 1 fully saturated rings. The third kappa shape index (κ3) is 5.10. The Morgan fingerprint density at radius 3 is 2.86 bits per heavy atom. The summed E-state index contributed by atoms with van der Waals surface area (Å²) in [4.78, 5) is 0. The Balaban J connectivity index is 1.83. The molecule has 21 heavy (non-hydrogen) atoms. The summed E-state index contributed by atoms with van der Waals surface area (Å²) in [6, 6.07) is 3.18. The predicted molar refractivity (Wildman–Crippen MR) is 79.4 cm³/mol. The van der Waals surface area contributed by atoms with Crippen LogP contribution in [0.3, 0.4) is 0 Å². The molecule has 0 aliphatic heterocycles. The Bertz CT molecular complexity index is 537. The number of hydrogen-bond donors (Lipinski definition) is 2. The summed E-state index contributed by atoms with van der Waals surface area (Å²) in [5.74, 6) is 1.65. The largest absolute Gasteiger partial charge is 0.447 e. The van der Waals surface area contributed by atoms with E-state index in [0.717, 1.165) is 0 Å². The van der Waals surface area contributed by atoms with Crippen molar-refractivity contribution in [1.29, 1.82) is 0 Å². The Morgan fingerprint density at radius 2 is 2.19 bits per heavy atom. The topological polar surface area (TPSA) is 80.6 Å². The van der Waals surface area contributed by atoms with Crippen LogP contribution in [0.4, 0.5) is 0 Å². The minimum absolute atomic E-state index is 0.0194. The minimum atomic E-state index is -3.54. The van der Waals surface area contributed by atoms with E-state index >= 15 is 0 Å². The van der Waals surface area contributed by atoms with Gasteiger partial charge in [0.1, 0.15) is 5.76 Å².